The molecule has 3 N–H and O–H groups in total. The molecule has 112 valence electrons. The maximum Gasteiger partial charge on any atom is 0.128 e. The lowest BCUT2D eigenvalue weighted by Gasteiger charge is -2.40. The molecule has 0 bridgehead atoms. The molecule has 0 spiro atoms. The van der Waals surface area contributed by atoms with Crippen LogP contribution < -0.4 is 15.2 Å². The lowest BCUT2D eigenvalue weighted by Crippen LogP contribution is -2.43. The largest absolute Gasteiger partial charge is 0.497 e. The van der Waals surface area contributed by atoms with Crippen molar-refractivity contribution < 1.29 is 19.3 Å². The van der Waals surface area contributed by atoms with Crippen LogP contribution in [0.1, 0.15) is 24.5 Å². The molecule has 1 aliphatic rings. The Balaban J connectivity index is 2.33. The van der Waals surface area contributed by atoms with Gasteiger partial charge in [-0.2, -0.15) is 0 Å². The van der Waals surface area contributed by atoms with Crippen molar-refractivity contribution in [3.63, 3.8) is 0 Å². The highest BCUT2D eigenvalue weighted by atomic mass is 16.5. The van der Waals surface area contributed by atoms with Gasteiger partial charge in [0.25, 0.3) is 0 Å². The van der Waals surface area contributed by atoms with Gasteiger partial charge in [0.15, 0.2) is 0 Å². The smallest absolute Gasteiger partial charge is 0.128 e. The molecule has 2 atom stereocenters. The summed E-state index contributed by atoms with van der Waals surface area (Å²) in [4.78, 5) is 0. The van der Waals surface area contributed by atoms with Crippen molar-refractivity contribution in [2.75, 3.05) is 34.0 Å². The highest BCUT2D eigenvalue weighted by molar-refractivity contribution is 5.42. The van der Waals surface area contributed by atoms with E-state index in [2.05, 4.69) is 0 Å². The van der Waals surface area contributed by atoms with E-state index in [1.54, 1.807) is 20.3 Å². The first-order chi connectivity index (χ1) is 9.66. The van der Waals surface area contributed by atoms with Gasteiger partial charge >= 0.3 is 0 Å². The van der Waals surface area contributed by atoms with E-state index in [1.807, 2.05) is 12.1 Å². The normalized spacial score (nSPS) is 24.2. The quantitative estimate of drug-likeness (QED) is 0.855. The third-order valence-electron chi connectivity index (χ3n) is 4.07. The molecule has 2 rings (SSSR count). The SMILES string of the molecule is COc1ccc(C(O)C2(CN)CCCOC2)c(OC)c1. The molecule has 0 aromatic heterocycles. The van der Waals surface area contributed by atoms with Crippen molar-refractivity contribution in [1.82, 2.24) is 0 Å². The summed E-state index contributed by atoms with van der Waals surface area (Å²) in [7, 11) is 3.18. The Morgan fingerprint density at radius 3 is 2.75 bits per heavy atom. The summed E-state index contributed by atoms with van der Waals surface area (Å²) >= 11 is 0. The van der Waals surface area contributed by atoms with Gasteiger partial charge in [-0.25, -0.2) is 0 Å². The summed E-state index contributed by atoms with van der Waals surface area (Å²) in [5, 5.41) is 10.8. The van der Waals surface area contributed by atoms with Crippen LogP contribution in [-0.4, -0.2) is 39.1 Å². The minimum atomic E-state index is -0.714. The molecule has 5 nitrogen and oxygen atoms in total. The topological polar surface area (TPSA) is 73.9 Å². The molecule has 1 heterocycles. The van der Waals surface area contributed by atoms with Crippen molar-refractivity contribution in [3.8, 4) is 11.5 Å². The van der Waals surface area contributed by atoms with Gasteiger partial charge < -0.3 is 25.1 Å². The first-order valence-electron chi connectivity index (χ1n) is 6.84. The van der Waals surface area contributed by atoms with E-state index in [0.29, 0.717) is 24.7 Å². The maximum atomic E-state index is 10.8. The Morgan fingerprint density at radius 1 is 1.40 bits per heavy atom. The molecule has 0 radical (unpaired) electrons. The molecular weight excluding hydrogens is 258 g/mol. The number of hydrogen-bond acceptors (Lipinski definition) is 5. The van der Waals surface area contributed by atoms with Gasteiger partial charge in [-0.15, -0.1) is 0 Å². The van der Waals surface area contributed by atoms with Crippen LogP contribution >= 0.6 is 0 Å². The second-order valence-corrected chi connectivity index (χ2v) is 5.23. The summed E-state index contributed by atoms with van der Waals surface area (Å²) in [5.74, 6) is 1.30. The van der Waals surface area contributed by atoms with Gasteiger partial charge in [0.05, 0.1) is 26.9 Å². The van der Waals surface area contributed by atoms with Crippen LogP contribution in [0.4, 0.5) is 0 Å². The number of ether oxygens (including phenoxy) is 3. The Labute approximate surface area is 119 Å². The molecular formula is C15H23NO4. The predicted molar refractivity (Wildman–Crippen MR) is 76.0 cm³/mol. The second-order valence-electron chi connectivity index (χ2n) is 5.23. The Hall–Kier alpha value is -1.30. The fourth-order valence-electron chi connectivity index (χ4n) is 2.74. The fourth-order valence-corrected chi connectivity index (χ4v) is 2.74. The minimum absolute atomic E-state index is 0.378. The number of benzene rings is 1. The molecule has 1 fully saturated rings. The van der Waals surface area contributed by atoms with E-state index in [0.717, 1.165) is 25.0 Å². The maximum absolute atomic E-state index is 10.8. The highest BCUT2D eigenvalue weighted by Gasteiger charge is 2.40. The number of aliphatic hydroxyl groups is 1. The van der Waals surface area contributed by atoms with Crippen molar-refractivity contribution in [2.45, 2.75) is 18.9 Å². The van der Waals surface area contributed by atoms with Crippen LogP contribution in [0.2, 0.25) is 0 Å². The fraction of sp³-hybridized carbons (Fsp3) is 0.600. The number of rotatable bonds is 5. The first kappa shape index (κ1) is 15.1. The van der Waals surface area contributed by atoms with E-state index >= 15 is 0 Å². The Morgan fingerprint density at radius 2 is 2.20 bits per heavy atom. The number of methoxy groups -OCH3 is 2. The van der Waals surface area contributed by atoms with Gasteiger partial charge in [-0.1, -0.05) is 0 Å². The molecule has 0 aliphatic carbocycles. The molecule has 1 saturated heterocycles. The highest BCUT2D eigenvalue weighted by Crippen LogP contribution is 2.43. The van der Waals surface area contributed by atoms with Crippen molar-refractivity contribution in [3.05, 3.63) is 23.8 Å². The average molecular weight is 281 g/mol. The molecule has 5 heteroatoms. The van der Waals surface area contributed by atoms with E-state index in [1.165, 1.54) is 0 Å². The van der Waals surface area contributed by atoms with Crippen LogP contribution in [0, 0.1) is 5.41 Å². The molecule has 1 aromatic rings. The van der Waals surface area contributed by atoms with Crippen molar-refractivity contribution >= 4 is 0 Å². The summed E-state index contributed by atoms with van der Waals surface area (Å²) in [6, 6.07) is 5.41. The van der Waals surface area contributed by atoms with Crippen LogP contribution in [0.25, 0.3) is 0 Å². The van der Waals surface area contributed by atoms with Gasteiger partial charge in [-0.05, 0) is 25.0 Å². The zero-order valence-corrected chi connectivity index (χ0v) is 12.1. The van der Waals surface area contributed by atoms with Crippen LogP contribution in [0.3, 0.4) is 0 Å². The molecule has 0 amide bonds. The number of hydrogen-bond donors (Lipinski definition) is 2. The zero-order chi connectivity index (χ0) is 14.6. The average Bonchev–Trinajstić information content (AvgIpc) is 2.54. The third kappa shape index (κ3) is 2.75. The van der Waals surface area contributed by atoms with Crippen molar-refractivity contribution in [1.29, 1.82) is 0 Å². The summed E-state index contributed by atoms with van der Waals surface area (Å²) in [6.45, 7) is 1.58. The molecule has 20 heavy (non-hydrogen) atoms. The van der Waals surface area contributed by atoms with Crippen LogP contribution in [-0.2, 0) is 4.74 Å². The van der Waals surface area contributed by atoms with E-state index in [9.17, 15) is 5.11 Å². The van der Waals surface area contributed by atoms with Gasteiger partial charge in [0.1, 0.15) is 11.5 Å². The summed E-state index contributed by atoms with van der Waals surface area (Å²) in [6.07, 6.45) is 1.04. The number of nitrogens with two attached hydrogens (primary N) is 1. The minimum Gasteiger partial charge on any atom is -0.497 e. The van der Waals surface area contributed by atoms with Gasteiger partial charge in [0, 0.05) is 30.2 Å². The van der Waals surface area contributed by atoms with Gasteiger partial charge in [0.2, 0.25) is 0 Å². The monoisotopic (exact) mass is 281 g/mol. The molecule has 1 aromatic carbocycles. The second kappa shape index (κ2) is 6.43. The van der Waals surface area contributed by atoms with Crippen LogP contribution in [0.15, 0.2) is 18.2 Å². The van der Waals surface area contributed by atoms with E-state index in [4.69, 9.17) is 19.9 Å². The summed E-state index contributed by atoms with van der Waals surface area (Å²) in [5.41, 5.74) is 6.20. The summed E-state index contributed by atoms with van der Waals surface area (Å²) < 4.78 is 16.1. The standard InChI is InChI=1S/C15H23NO4/c1-18-11-4-5-12(13(8-11)19-2)14(17)15(9-16)6-3-7-20-10-15/h4-5,8,14,17H,3,6-7,9-10,16H2,1-2H3. The lowest BCUT2D eigenvalue weighted by atomic mass is 9.74. The Bertz CT molecular complexity index is 443. The lowest BCUT2D eigenvalue weighted by molar-refractivity contribution is -0.0787. The predicted octanol–water partition coefficient (Wildman–Crippen LogP) is 1.49. The molecule has 2 unspecified atom stereocenters. The van der Waals surface area contributed by atoms with E-state index in [-0.39, 0.29) is 0 Å². The molecule has 0 saturated carbocycles. The van der Waals surface area contributed by atoms with Crippen LogP contribution in [0.5, 0.6) is 11.5 Å². The Kier molecular flexibility index (Phi) is 4.86. The van der Waals surface area contributed by atoms with Crippen molar-refractivity contribution in [2.24, 2.45) is 11.1 Å². The third-order valence-corrected chi connectivity index (χ3v) is 4.07. The first-order valence-corrected chi connectivity index (χ1v) is 6.84. The zero-order valence-electron chi connectivity index (χ0n) is 12.1. The van der Waals surface area contributed by atoms with E-state index < -0.39 is 11.5 Å². The van der Waals surface area contributed by atoms with Gasteiger partial charge in [-0.3, -0.25) is 0 Å². The number of aliphatic hydroxyl groups excluding tert-OH is 1. The molecule has 1 aliphatic heterocycles.